The van der Waals surface area contributed by atoms with E-state index in [1.807, 2.05) is 24.3 Å². The molecule has 0 radical (unpaired) electrons. The first-order valence-electron chi connectivity index (χ1n) is 8.72. The third kappa shape index (κ3) is 4.28. The van der Waals surface area contributed by atoms with Crippen molar-refractivity contribution >= 4 is 27.3 Å². The number of aryl methyl sites for hydroxylation is 1. The number of nitrogens with one attached hydrogen (secondary N) is 1. The molecule has 0 amide bonds. The summed E-state index contributed by atoms with van der Waals surface area (Å²) in [5.41, 5.74) is 4.24. The topological polar surface area (TPSA) is 55.9 Å². The maximum absolute atomic E-state index is 11.9. The molecular formula is C19H26N4O2S. The molecule has 0 aromatic heterocycles. The minimum Gasteiger partial charge on any atom is -0.368 e. The van der Waals surface area contributed by atoms with Crippen molar-refractivity contribution in [2.75, 3.05) is 54.8 Å². The van der Waals surface area contributed by atoms with Gasteiger partial charge in [0, 0.05) is 57.3 Å². The molecule has 0 aliphatic carbocycles. The average molecular weight is 375 g/mol. The van der Waals surface area contributed by atoms with Crippen molar-refractivity contribution in [3.8, 4) is 0 Å². The number of anilines is 3. The second-order valence-electron chi connectivity index (χ2n) is 6.75. The van der Waals surface area contributed by atoms with Crippen molar-refractivity contribution < 1.29 is 8.42 Å². The maximum Gasteiger partial charge on any atom is 0.301 e. The summed E-state index contributed by atoms with van der Waals surface area (Å²) in [6, 6.07) is 16.2. The highest BCUT2D eigenvalue weighted by Crippen LogP contribution is 2.23. The lowest BCUT2D eigenvalue weighted by atomic mass is 10.2. The first kappa shape index (κ1) is 18.5. The lowest BCUT2D eigenvalue weighted by molar-refractivity contribution is 0.527. The van der Waals surface area contributed by atoms with E-state index in [9.17, 15) is 8.42 Å². The summed E-state index contributed by atoms with van der Waals surface area (Å²) in [5.74, 6) is 0. The van der Waals surface area contributed by atoms with Gasteiger partial charge in [-0.1, -0.05) is 12.1 Å². The molecule has 0 unspecified atom stereocenters. The smallest absolute Gasteiger partial charge is 0.301 e. The summed E-state index contributed by atoms with van der Waals surface area (Å²) in [6.07, 6.45) is 0. The molecule has 26 heavy (non-hydrogen) atoms. The van der Waals surface area contributed by atoms with E-state index < -0.39 is 10.2 Å². The lowest BCUT2D eigenvalue weighted by Gasteiger charge is -2.37. The van der Waals surface area contributed by atoms with Crippen LogP contribution in [0.1, 0.15) is 5.56 Å². The second-order valence-corrected chi connectivity index (χ2v) is 8.63. The van der Waals surface area contributed by atoms with Gasteiger partial charge in [0.1, 0.15) is 0 Å². The van der Waals surface area contributed by atoms with Gasteiger partial charge in [-0.25, -0.2) is 0 Å². The molecule has 2 aromatic carbocycles. The van der Waals surface area contributed by atoms with Crippen LogP contribution in [0, 0.1) is 6.92 Å². The van der Waals surface area contributed by atoms with E-state index in [4.69, 9.17) is 0 Å². The third-order valence-corrected chi connectivity index (χ3v) is 6.06. The fourth-order valence-electron chi connectivity index (χ4n) is 3.03. The number of hydrogen-bond acceptors (Lipinski definition) is 4. The van der Waals surface area contributed by atoms with Crippen LogP contribution in [0.5, 0.6) is 0 Å². The van der Waals surface area contributed by atoms with Crippen LogP contribution in [0.25, 0.3) is 0 Å². The van der Waals surface area contributed by atoms with Gasteiger partial charge in [0.05, 0.1) is 0 Å². The first-order valence-corrected chi connectivity index (χ1v) is 10.2. The van der Waals surface area contributed by atoms with Gasteiger partial charge in [-0.2, -0.15) is 12.7 Å². The summed E-state index contributed by atoms with van der Waals surface area (Å²) in [5, 5.41) is 0. The Balaban J connectivity index is 1.61. The molecule has 3 rings (SSSR count). The van der Waals surface area contributed by atoms with E-state index in [-0.39, 0.29) is 0 Å². The molecule has 1 fully saturated rings. The van der Waals surface area contributed by atoms with Crippen molar-refractivity contribution in [1.29, 1.82) is 0 Å². The minimum absolute atomic E-state index is 0.570. The normalized spacial score (nSPS) is 15.4. The highest BCUT2D eigenvalue weighted by atomic mass is 32.2. The molecule has 1 aliphatic rings. The summed E-state index contributed by atoms with van der Waals surface area (Å²) in [6.45, 7) is 5.94. The Morgan fingerprint density at radius 2 is 1.46 bits per heavy atom. The lowest BCUT2D eigenvalue weighted by Crippen LogP contribution is -2.46. The van der Waals surface area contributed by atoms with Gasteiger partial charge in [0.2, 0.25) is 0 Å². The molecule has 0 spiro atoms. The van der Waals surface area contributed by atoms with Crippen molar-refractivity contribution in [1.82, 2.24) is 4.31 Å². The Bertz CT molecular complexity index is 842. The zero-order chi connectivity index (χ0) is 18.7. The minimum atomic E-state index is -3.47. The number of piperazine rings is 1. The molecule has 0 atom stereocenters. The fraction of sp³-hybridized carbons (Fsp3) is 0.368. The number of rotatable bonds is 5. The van der Waals surface area contributed by atoms with E-state index in [2.05, 4.69) is 45.7 Å². The molecule has 0 saturated carbocycles. The highest BCUT2D eigenvalue weighted by molar-refractivity contribution is 7.90. The zero-order valence-corrected chi connectivity index (χ0v) is 16.3. The first-order chi connectivity index (χ1) is 12.3. The molecule has 0 bridgehead atoms. The van der Waals surface area contributed by atoms with Gasteiger partial charge in [-0.05, 0) is 48.9 Å². The summed E-state index contributed by atoms with van der Waals surface area (Å²) in [7, 11) is -0.459. The fourth-order valence-corrected chi connectivity index (χ4v) is 3.64. The largest absolute Gasteiger partial charge is 0.368 e. The quantitative estimate of drug-likeness (QED) is 0.874. The third-order valence-electron chi connectivity index (χ3n) is 4.61. The van der Waals surface area contributed by atoms with E-state index in [0.717, 1.165) is 36.2 Å². The molecule has 1 aliphatic heterocycles. The van der Waals surface area contributed by atoms with Gasteiger partial charge >= 0.3 is 10.2 Å². The standard InChI is InChI=1S/C19H26N4O2S/c1-16-5-4-6-19(15-16)23-13-11-22(12-14-23)18-9-7-17(8-10-18)20-26(24,25)21(2)3/h4-10,15,20H,11-14H2,1-3H3. The Hall–Kier alpha value is -2.25. The Morgan fingerprint density at radius 3 is 2.00 bits per heavy atom. The van der Waals surface area contributed by atoms with Crippen LogP contribution < -0.4 is 14.5 Å². The van der Waals surface area contributed by atoms with E-state index >= 15 is 0 Å². The van der Waals surface area contributed by atoms with Crippen LogP contribution in [0.3, 0.4) is 0 Å². The van der Waals surface area contributed by atoms with Crippen molar-refractivity contribution in [2.24, 2.45) is 0 Å². The van der Waals surface area contributed by atoms with Gasteiger partial charge < -0.3 is 9.80 Å². The van der Waals surface area contributed by atoms with Crippen LogP contribution in [-0.4, -0.2) is 53.0 Å². The molecule has 140 valence electrons. The Kier molecular flexibility index (Phi) is 5.38. The maximum atomic E-state index is 11.9. The highest BCUT2D eigenvalue weighted by Gasteiger charge is 2.18. The molecule has 7 heteroatoms. The van der Waals surface area contributed by atoms with Gasteiger partial charge in [0.25, 0.3) is 0 Å². The van der Waals surface area contributed by atoms with Gasteiger partial charge in [-0.15, -0.1) is 0 Å². The predicted octanol–water partition coefficient (Wildman–Crippen LogP) is 2.54. The molecule has 1 heterocycles. The second kappa shape index (κ2) is 7.55. The number of nitrogens with zero attached hydrogens (tertiary/aromatic N) is 3. The van der Waals surface area contributed by atoms with E-state index in [1.165, 1.54) is 25.3 Å². The van der Waals surface area contributed by atoms with Crippen LogP contribution in [0.4, 0.5) is 17.1 Å². The molecule has 1 saturated heterocycles. The van der Waals surface area contributed by atoms with E-state index in [0.29, 0.717) is 5.69 Å². The average Bonchev–Trinajstić information content (AvgIpc) is 2.62. The Labute approximate surface area is 156 Å². The van der Waals surface area contributed by atoms with E-state index in [1.54, 1.807) is 0 Å². The summed E-state index contributed by atoms with van der Waals surface area (Å²) >= 11 is 0. The van der Waals surface area contributed by atoms with Gasteiger partial charge in [-0.3, -0.25) is 4.72 Å². The summed E-state index contributed by atoms with van der Waals surface area (Å²) in [4.78, 5) is 4.74. The predicted molar refractivity (Wildman–Crippen MR) is 108 cm³/mol. The molecule has 6 nitrogen and oxygen atoms in total. The summed E-state index contributed by atoms with van der Waals surface area (Å²) < 4.78 is 27.5. The number of benzene rings is 2. The molecule has 2 aromatic rings. The SMILES string of the molecule is Cc1cccc(N2CCN(c3ccc(NS(=O)(=O)N(C)C)cc3)CC2)c1. The van der Waals surface area contributed by atoms with Crippen molar-refractivity contribution in [2.45, 2.75) is 6.92 Å². The Morgan fingerprint density at radius 1 is 0.885 bits per heavy atom. The van der Waals surface area contributed by atoms with Crippen LogP contribution in [0.15, 0.2) is 48.5 Å². The van der Waals surface area contributed by atoms with Crippen molar-refractivity contribution in [3.05, 3.63) is 54.1 Å². The molecule has 1 N–H and O–H groups in total. The van der Waals surface area contributed by atoms with Gasteiger partial charge in [0.15, 0.2) is 0 Å². The van der Waals surface area contributed by atoms with Crippen molar-refractivity contribution in [3.63, 3.8) is 0 Å². The van der Waals surface area contributed by atoms with Crippen LogP contribution in [-0.2, 0) is 10.2 Å². The number of hydrogen-bond donors (Lipinski definition) is 1. The monoisotopic (exact) mass is 374 g/mol. The van der Waals surface area contributed by atoms with Crippen LogP contribution in [0.2, 0.25) is 0 Å². The molecular weight excluding hydrogens is 348 g/mol. The zero-order valence-electron chi connectivity index (χ0n) is 15.5. The van der Waals surface area contributed by atoms with Crippen LogP contribution >= 0.6 is 0 Å².